The number of hydrogen-bond acceptors (Lipinski definition) is 2. The highest BCUT2D eigenvalue weighted by molar-refractivity contribution is 6.64. The van der Waals surface area contributed by atoms with Gasteiger partial charge in [0.25, 0.3) is 0 Å². The molecule has 0 bridgehead atoms. The molecular weight excluding hydrogens is 204 g/mol. The zero-order chi connectivity index (χ0) is 11.6. The third-order valence-electron chi connectivity index (χ3n) is 1.81. The van der Waals surface area contributed by atoms with E-state index < -0.39 is 8.56 Å². The van der Waals surface area contributed by atoms with Crippen LogP contribution in [-0.2, 0) is 8.85 Å². The predicted molar refractivity (Wildman–Crippen MR) is 67.7 cm³/mol. The molecule has 0 aromatic heterocycles. The normalized spacial score (nSPS) is 12.5. The van der Waals surface area contributed by atoms with Crippen LogP contribution in [0.1, 0.15) is 39.5 Å². The largest absolute Gasteiger partial charge is 0.519 e. The Morgan fingerprint density at radius 2 is 1.27 bits per heavy atom. The van der Waals surface area contributed by atoms with Crippen LogP contribution in [0.3, 0.4) is 0 Å². The molecule has 0 aromatic rings. The minimum Gasteiger partial charge on any atom is -0.519 e. The molecule has 0 spiro atoms. The van der Waals surface area contributed by atoms with Crippen molar-refractivity contribution in [2.45, 2.75) is 52.6 Å². The quantitative estimate of drug-likeness (QED) is 0.454. The summed E-state index contributed by atoms with van der Waals surface area (Å²) in [7, 11) is -1.98. The average Bonchev–Trinajstić information content (AvgIpc) is 2.20. The van der Waals surface area contributed by atoms with E-state index in [0.717, 1.165) is 25.7 Å². The van der Waals surface area contributed by atoms with E-state index in [1.807, 2.05) is 25.2 Å². The predicted octanol–water partition coefficient (Wildman–Crippen LogP) is 4.35. The zero-order valence-electron chi connectivity index (χ0n) is 10.5. The van der Waals surface area contributed by atoms with Gasteiger partial charge in [-0.2, -0.15) is 0 Å². The summed E-state index contributed by atoms with van der Waals surface area (Å²) >= 11 is 0. The van der Waals surface area contributed by atoms with E-state index in [2.05, 4.69) is 13.8 Å². The van der Waals surface area contributed by atoms with Crippen LogP contribution >= 0.6 is 0 Å². The number of hydrogen-bond donors (Lipinski definition) is 0. The first kappa shape index (κ1) is 14.3. The van der Waals surface area contributed by atoms with E-state index in [-0.39, 0.29) is 0 Å². The maximum atomic E-state index is 5.60. The van der Waals surface area contributed by atoms with Gasteiger partial charge in [-0.1, -0.05) is 38.8 Å². The molecule has 0 fully saturated rings. The van der Waals surface area contributed by atoms with Crippen molar-refractivity contribution in [1.82, 2.24) is 0 Å². The Bertz CT molecular complexity index is 178. The molecule has 0 heterocycles. The minimum absolute atomic E-state index is 1.07. The van der Waals surface area contributed by atoms with Gasteiger partial charge >= 0.3 is 8.56 Å². The Kier molecular flexibility index (Phi) is 8.19. The Labute approximate surface area is 95.2 Å². The smallest absolute Gasteiger partial charge is 0.453 e. The average molecular weight is 228 g/mol. The molecule has 0 saturated heterocycles. The van der Waals surface area contributed by atoms with E-state index in [9.17, 15) is 0 Å². The molecule has 0 unspecified atom stereocenters. The number of rotatable bonds is 8. The molecule has 0 aliphatic heterocycles. The van der Waals surface area contributed by atoms with Crippen LogP contribution in [0.5, 0.6) is 0 Å². The summed E-state index contributed by atoms with van der Waals surface area (Å²) in [6, 6.07) is 0. The van der Waals surface area contributed by atoms with Crippen molar-refractivity contribution in [2.75, 3.05) is 0 Å². The second-order valence-electron chi connectivity index (χ2n) is 3.96. The lowest BCUT2D eigenvalue weighted by Gasteiger charge is -2.19. The molecule has 0 aliphatic rings. The first-order valence-electron chi connectivity index (χ1n) is 5.78. The summed E-state index contributed by atoms with van der Waals surface area (Å²) in [6.07, 6.45) is 12.1. The molecule has 0 saturated carbocycles. The van der Waals surface area contributed by atoms with Crippen LogP contribution in [0, 0.1) is 0 Å². The van der Waals surface area contributed by atoms with Gasteiger partial charge in [0, 0.05) is 13.1 Å². The molecular formula is C12H24O2Si. The summed E-state index contributed by atoms with van der Waals surface area (Å²) in [6.45, 7) is 8.38. The van der Waals surface area contributed by atoms with Crippen molar-refractivity contribution in [3.8, 4) is 0 Å². The Morgan fingerprint density at radius 3 is 1.60 bits per heavy atom. The van der Waals surface area contributed by atoms with Crippen molar-refractivity contribution in [3.05, 3.63) is 24.7 Å². The monoisotopic (exact) mass is 228 g/mol. The Balaban J connectivity index is 3.75. The van der Waals surface area contributed by atoms with E-state index in [1.165, 1.54) is 0 Å². The van der Waals surface area contributed by atoms with Crippen LogP contribution in [0.4, 0.5) is 0 Å². The highest BCUT2D eigenvalue weighted by Crippen LogP contribution is 2.08. The highest BCUT2D eigenvalue weighted by atomic mass is 28.4. The maximum Gasteiger partial charge on any atom is 0.453 e. The summed E-state index contributed by atoms with van der Waals surface area (Å²) in [5.41, 5.74) is 0. The van der Waals surface area contributed by atoms with Gasteiger partial charge in [-0.05, 0) is 12.8 Å². The lowest BCUT2D eigenvalue weighted by molar-refractivity contribution is 0.318. The van der Waals surface area contributed by atoms with Crippen molar-refractivity contribution >= 4 is 8.56 Å². The summed E-state index contributed by atoms with van der Waals surface area (Å²) in [4.78, 5) is 0. The Hall–Kier alpha value is -0.703. The summed E-state index contributed by atoms with van der Waals surface area (Å²) < 4.78 is 11.2. The fourth-order valence-corrected chi connectivity index (χ4v) is 1.82. The molecule has 0 aromatic carbocycles. The van der Waals surface area contributed by atoms with Crippen LogP contribution in [0.25, 0.3) is 0 Å². The topological polar surface area (TPSA) is 18.5 Å². The van der Waals surface area contributed by atoms with Gasteiger partial charge in [0.2, 0.25) is 0 Å². The van der Waals surface area contributed by atoms with Crippen molar-refractivity contribution in [2.24, 2.45) is 0 Å². The fraction of sp³-hybridized carbons (Fsp3) is 0.667. The van der Waals surface area contributed by atoms with Crippen molar-refractivity contribution in [3.63, 3.8) is 0 Å². The zero-order valence-corrected chi connectivity index (χ0v) is 11.5. The molecule has 3 heteroatoms. The SMILES string of the molecule is CCCC=CO[Si](C)(C)OC=CCCC. The maximum absolute atomic E-state index is 5.60. The van der Waals surface area contributed by atoms with Gasteiger partial charge in [0.1, 0.15) is 0 Å². The van der Waals surface area contributed by atoms with Crippen molar-refractivity contribution < 1.29 is 8.85 Å². The standard InChI is InChI=1S/C12H24O2Si/c1-5-7-9-11-13-15(3,4)14-12-10-8-6-2/h9-12H,5-8H2,1-4H3. The number of unbranched alkanes of at least 4 members (excludes halogenated alkanes) is 2. The van der Waals surface area contributed by atoms with Gasteiger partial charge in [0.05, 0.1) is 12.5 Å². The molecule has 0 aliphatic carbocycles. The molecule has 0 N–H and O–H groups in total. The minimum atomic E-state index is -1.98. The van der Waals surface area contributed by atoms with E-state index in [1.54, 1.807) is 12.5 Å². The molecule has 88 valence electrons. The van der Waals surface area contributed by atoms with E-state index >= 15 is 0 Å². The third kappa shape index (κ3) is 9.60. The van der Waals surface area contributed by atoms with Gasteiger partial charge in [-0.25, -0.2) is 0 Å². The van der Waals surface area contributed by atoms with Gasteiger partial charge in [-0.15, -0.1) is 0 Å². The Morgan fingerprint density at radius 1 is 0.867 bits per heavy atom. The second kappa shape index (κ2) is 8.59. The van der Waals surface area contributed by atoms with Gasteiger partial charge in [0.15, 0.2) is 0 Å². The van der Waals surface area contributed by atoms with E-state index in [0.29, 0.717) is 0 Å². The fourth-order valence-electron chi connectivity index (χ4n) is 0.921. The highest BCUT2D eigenvalue weighted by Gasteiger charge is 2.25. The lowest BCUT2D eigenvalue weighted by Crippen LogP contribution is -2.30. The molecule has 0 rings (SSSR count). The summed E-state index contributed by atoms with van der Waals surface area (Å²) in [5, 5.41) is 0. The van der Waals surface area contributed by atoms with Gasteiger partial charge in [-0.3, -0.25) is 0 Å². The molecule has 15 heavy (non-hydrogen) atoms. The lowest BCUT2D eigenvalue weighted by atomic mass is 10.3. The first-order chi connectivity index (χ1) is 7.12. The van der Waals surface area contributed by atoms with Crippen LogP contribution in [-0.4, -0.2) is 8.56 Å². The molecule has 0 amide bonds. The molecule has 0 radical (unpaired) electrons. The van der Waals surface area contributed by atoms with Crippen LogP contribution in [0.15, 0.2) is 24.7 Å². The summed E-state index contributed by atoms with van der Waals surface area (Å²) in [5.74, 6) is 0. The first-order valence-corrected chi connectivity index (χ1v) is 8.59. The van der Waals surface area contributed by atoms with Crippen LogP contribution < -0.4 is 0 Å². The molecule has 2 nitrogen and oxygen atoms in total. The van der Waals surface area contributed by atoms with Crippen LogP contribution in [0.2, 0.25) is 13.1 Å². The van der Waals surface area contributed by atoms with Crippen molar-refractivity contribution in [1.29, 1.82) is 0 Å². The van der Waals surface area contributed by atoms with Gasteiger partial charge < -0.3 is 8.85 Å². The molecule has 0 atom stereocenters. The second-order valence-corrected chi connectivity index (χ2v) is 7.23. The van der Waals surface area contributed by atoms with E-state index in [4.69, 9.17) is 8.85 Å². The third-order valence-corrected chi connectivity index (χ3v) is 3.21. The number of allylic oxidation sites excluding steroid dienone is 2.